The van der Waals surface area contributed by atoms with Crippen molar-refractivity contribution in [2.45, 2.75) is 38.7 Å². The van der Waals surface area contributed by atoms with Gasteiger partial charge in [0.25, 0.3) is 0 Å². The number of rotatable bonds is 5. The third-order valence-corrected chi connectivity index (χ3v) is 3.73. The first-order valence-corrected chi connectivity index (χ1v) is 7.84. The second kappa shape index (κ2) is 8.10. The first-order chi connectivity index (χ1) is 10.1. The summed E-state index contributed by atoms with van der Waals surface area (Å²) in [6, 6.07) is 8.37. The van der Waals surface area contributed by atoms with Gasteiger partial charge in [0.1, 0.15) is 0 Å². The topological polar surface area (TPSA) is 45.7 Å². The molecule has 0 aromatic heterocycles. The van der Waals surface area contributed by atoms with E-state index in [1.807, 2.05) is 0 Å². The lowest BCUT2D eigenvalue weighted by Gasteiger charge is -2.11. The summed E-state index contributed by atoms with van der Waals surface area (Å²) < 4.78 is 5.52. The van der Waals surface area contributed by atoms with Crippen LogP contribution in [-0.4, -0.2) is 30.6 Å². The Bertz CT molecular complexity index is 479. The average Bonchev–Trinajstić information content (AvgIpc) is 2.99. The fourth-order valence-electron chi connectivity index (χ4n) is 2.18. The summed E-state index contributed by atoms with van der Waals surface area (Å²) in [6.07, 6.45) is 4.28. The third-order valence-electron chi connectivity index (χ3n) is 3.50. The monoisotopic (exact) mass is 305 g/mol. The Balaban J connectivity index is 1.72. The second-order valence-corrected chi connectivity index (χ2v) is 5.94. The van der Waals surface area contributed by atoms with Crippen LogP contribution in [-0.2, 0) is 4.74 Å². The second-order valence-electron chi connectivity index (χ2n) is 5.54. The molecule has 0 saturated carbocycles. The zero-order valence-electron chi connectivity index (χ0n) is 12.6. The molecular formula is C16H23N3OS. The molecule has 0 spiro atoms. The molecule has 0 bridgehead atoms. The van der Waals surface area contributed by atoms with Gasteiger partial charge in [-0.1, -0.05) is 38.1 Å². The molecule has 0 amide bonds. The molecular weight excluding hydrogens is 282 g/mol. The highest BCUT2D eigenvalue weighted by Crippen LogP contribution is 2.13. The molecule has 0 radical (unpaired) electrons. The van der Waals surface area contributed by atoms with Gasteiger partial charge in [-0.2, -0.15) is 5.10 Å². The summed E-state index contributed by atoms with van der Waals surface area (Å²) in [6.45, 7) is 5.97. The van der Waals surface area contributed by atoms with Crippen LogP contribution >= 0.6 is 12.2 Å². The molecule has 1 saturated heterocycles. The van der Waals surface area contributed by atoms with Crippen LogP contribution in [0.3, 0.4) is 0 Å². The van der Waals surface area contributed by atoms with Gasteiger partial charge < -0.3 is 10.1 Å². The molecule has 1 aliphatic heterocycles. The van der Waals surface area contributed by atoms with Crippen molar-refractivity contribution in [3.05, 3.63) is 35.4 Å². The Morgan fingerprint density at radius 3 is 2.81 bits per heavy atom. The van der Waals surface area contributed by atoms with E-state index in [0.29, 0.717) is 11.0 Å². The number of ether oxygens (including phenoxy) is 1. The molecule has 0 aliphatic carbocycles. The van der Waals surface area contributed by atoms with Crippen molar-refractivity contribution in [1.29, 1.82) is 0 Å². The van der Waals surface area contributed by atoms with Gasteiger partial charge in [-0.05, 0) is 42.1 Å². The van der Waals surface area contributed by atoms with Crippen LogP contribution in [0.5, 0.6) is 0 Å². The molecule has 1 aromatic rings. The first-order valence-electron chi connectivity index (χ1n) is 7.43. The molecule has 5 heteroatoms. The van der Waals surface area contributed by atoms with Crippen LogP contribution in [0.4, 0.5) is 0 Å². The summed E-state index contributed by atoms with van der Waals surface area (Å²) in [5.74, 6) is 0.545. The minimum atomic E-state index is 0.275. The van der Waals surface area contributed by atoms with Crippen LogP contribution < -0.4 is 10.7 Å². The zero-order chi connectivity index (χ0) is 15.1. The molecule has 4 nitrogen and oxygen atoms in total. The molecule has 1 heterocycles. The highest BCUT2D eigenvalue weighted by Gasteiger charge is 2.14. The van der Waals surface area contributed by atoms with Crippen LogP contribution in [0.15, 0.2) is 29.4 Å². The zero-order valence-corrected chi connectivity index (χ0v) is 13.5. The maximum Gasteiger partial charge on any atom is 0.187 e. The van der Waals surface area contributed by atoms with Gasteiger partial charge in [0.2, 0.25) is 0 Å². The maximum atomic E-state index is 5.52. The SMILES string of the molecule is CC(C)c1ccc(/C=N\NC(=S)NC[C@H]2CCCO2)cc1. The lowest BCUT2D eigenvalue weighted by atomic mass is 10.0. The standard InChI is InChI=1S/C16H23N3OS/c1-12(2)14-7-5-13(6-8-14)10-18-19-16(21)17-11-15-4-3-9-20-15/h5-8,10,12,15H,3-4,9,11H2,1-2H3,(H2,17,19,21)/b18-10-/t15-/m1/s1. The third kappa shape index (κ3) is 5.44. The number of thiocarbonyl (C=S) groups is 1. The summed E-state index contributed by atoms with van der Waals surface area (Å²) in [5.41, 5.74) is 5.20. The predicted molar refractivity (Wildman–Crippen MR) is 90.8 cm³/mol. The van der Waals surface area contributed by atoms with E-state index in [1.54, 1.807) is 6.21 Å². The number of nitrogens with zero attached hydrogens (tertiary/aromatic N) is 1. The van der Waals surface area contributed by atoms with Crippen molar-refractivity contribution in [3.8, 4) is 0 Å². The largest absolute Gasteiger partial charge is 0.376 e. The summed E-state index contributed by atoms with van der Waals surface area (Å²) in [7, 11) is 0. The Morgan fingerprint density at radius 2 is 2.19 bits per heavy atom. The normalized spacial score (nSPS) is 18.3. The molecule has 1 aliphatic rings. The molecule has 21 heavy (non-hydrogen) atoms. The maximum absolute atomic E-state index is 5.52. The Kier molecular flexibility index (Phi) is 6.14. The molecule has 1 fully saturated rings. The van der Waals surface area contributed by atoms with Gasteiger partial charge in [0.05, 0.1) is 12.3 Å². The van der Waals surface area contributed by atoms with Crippen molar-refractivity contribution >= 4 is 23.5 Å². The van der Waals surface area contributed by atoms with Crippen LogP contribution in [0.2, 0.25) is 0 Å². The van der Waals surface area contributed by atoms with E-state index in [9.17, 15) is 0 Å². The number of hydrogen-bond acceptors (Lipinski definition) is 3. The van der Waals surface area contributed by atoms with E-state index in [1.165, 1.54) is 5.56 Å². The lowest BCUT2D eigenvalue weighted by Crippen LogP contribution is -2.37. The minimum absolute atomic E-state index is 0.275. The summed E-state index contributed by atoms with van der Waals surface area (Å²) >= 11 is 5.17. The van der Waals surface area contributed by atoms with Crippen LogP contribution in [0.1, 0.15) is 43.7 Å². The van der Waals surface area contributed by atoms with Crippen molar-refractivity contribution in [2.75, 3.05) is 13.2 Å². The Hall–Kier alpha value is -1.46. The van der Waals surface area contributed by atoms with E-state index in [-0.39, 0.29) is 6.10 Å². The molecule has 1 atom stereocenters. The number of benzene rings is 1. The summed E-state index contributed by atoms with van der Waals surface area (Å²) in [4.78, 5) is 0. The molecule has 2 N–H and O–H groups in total. The van der Waals surface area contributed by atoms with Gasteiger partial charge in [0.15, 0.2) is 5.11 Å². The van der Waals surface area contributed by atoms with Crippen LogP contribution in [0.25, 0.3) is 0 Å². The minimum Gasteiger partial charge on any atom is -0.376 e. The molecule has 2 rings (SSSR count). The van der Waals surface area contributed by atoms with E-state index in [2.05, 4.69) is 54.0 Å². The highest BCUT2D eigenvalue weighted by molar-refractivity contribution is 7.80. The Morgan fingerprint density at radius 1 is 1.43 bits per heavy atom. The van der Waals surface area contributed by atoms with Crippen molar-refractivity contribution in [1.82, 2.24) is 10.7 Å². The number of hydrogen-bond donors (Lipinski definition) is 2. The molecule has 1 aromatic carbocycles. The van der Waals surface area contributed by atoms with Gasteiger partial charge >= 0.3 is 0 Å². The first kappa shape index (κ1) is 15.9. The number of nitrogens with one attached hydrogen (secondary N) is 2. The van der Waals surface area contributed by atoms with Gasteiger partial charge in [-0.25, -0.2) is 0 Å². The van der Waals surface area contributed by atoms with Crippen molar-refractivity contribution < 1.29 is 4.74 Å². The lowest BCUT2D eigenvalue weighted by molar-refractivity contribution is 0.114. The molecule has 114 valence electrons. The van der Waals surface area contributed by atoms with Crippen LogP contribution in [0, 0.1) is 0 Å². The van der Waals surface area contributed by atoms with Gasteiger partial charge in [-0.3, -0.25) is 5.43 Å². The van der Waals surface area contributed by atoms with E-state index in [4.69, 9.17) is 17.0 Å². The van der Waals surface area contributed by atoms with E-state index in [0.717, 1.165) is 31.6 Å². The molecule has 0 unspecified atom stereocenters. The van der Waals surface area contributed by atoms with Gasteiger partial charge in [0, 0.05) is 13.2 Å². The number of hydrazone groups is 1. The van der Waals surface area contributed by atoms with Crippen molar-refractivity contribution in [3.63, 3.8) is 0 Å². The fourth-order valence-corrected chi connectivity index (χ4v) is 2.32. The quantitative estimate of drug-likeness (QED) is 0.499. The summed E-state index contributed by atoms with van der Waals surface area (Å²) in [5, 5.41) is 7.79. The average molecular weight is 305 g/mol. The van der Waals surface area contributed by atoms with E-state index < -0.39 is 0 Å². The smallest absolute Gasteiger partial charge is 0.187 e. The predicted octanol–water partition coefficient (Wildman–Crippen LogP) is 2.79. The Labute approximate surface area is 132 Å². The van der Waals surface area contributed by atoms with Gasteiger partial charge in [-0.15, -0.1) is 0 Å². The highest BCUT2D eigenvalue weighted by atomic mass is 32.1. The van der Waals surface area contributed by atoms with E-state index >= 15 is 0 Å². The fraction of sp³-hybridized carbons (Fsp3) is 0.500. The van der Waals surface area contributed by atoms with Crippen molar-refractivity contribution in [2.24, 2.45) is 5.10 Å².